The summed E-state index contributed by atoms with van der Waals surface area (Å²) in [4.78, 5) is 27.2. The summed E-state index contributed by atoms with van der Waals surface area (Å²) in [5.74, 6) is -0.281. The Morgan fingerprint density at radius 2 is 1.58 bits per heavy atom. The molecule has 0 aliphatic rings. The van der Waals surface area contributed by atoms with Crippen LogP contribution < -0.4 is 10.6 Å². The van der Waals surface area contributed by atoms with Gasteiger partial charge in [-0.2, -0.15) is 0 Å². The van der Waals surface area contributed by atoms with Gasteiger partial charge in [-0.25, -0.2) is 0 Å². The number of hydrogen-bond donors (Lipinski definition) is 2. The third-order valence-electron chi connectivity index (χ3n) is 3.87. The molecule has 0 fully saturated rings. The van der Waals surface area contributed by atoms with Crippen LogP contribution in [0.4, 0.5) is 11.4 Å². The lowest BCUT2D eigenvalue weighted by atomic mass is 10.1. The summed E-state index contributed by atoms with van der Waals surface area (Å²) < 4.78 is 0. The van der Waals surface area contributed by atoms with Gasteiger partial charge in [0.05, 0.1) is 13.1 Å². The van der Waals surface area contributed by atoms with Crippen molar-refractivity contribution in [3.63, 3.8) is 0 Å². The summed E-state index contributed by atoms with van der Waals surface area (Å²) in [6.45, 7) is 2.34. The fourth-order valence-corrected chi connectivity index (χ4v) is 2.97. The summed E-state index contributed by atoms with van der Waals surface area (Å²) in [7, 11) is 1.75. The molecular weight excluding hydrogens is 346 g/mol. The van der Waals surface area contributed by atoms with Crippen LogP contribution in [-0.4, -0.2) is 43.1 Å². The summed E-state index contributed by atoms with van der Waals surface area (Å²) in [5.41, 5.74) is 2.67. The normalized spacial score (nSPS) is 10.6. The van der Waals surface area contributed by atoms with E-state index < -0.39 is 0 Å². The highest BCUT2D eigenvalue weighted by Gasteiger charge is 2.12. The highest BCUT2D eigenvalue weighted by Crippen LogP contribution is 2.17. The highest BCUT2D eigenvalue weighted by atomic mass is 32.2. The van der Waals surface area contributed by atoms with E-state index in [1.807, 2.05) is 61.7 Å². The molecular formula is C20H25N3O2S. The molecule has 0 bridgehead atoms. The molecule has 0 radical (unpaired) electrons. The second kappa shape index (κ2) is 9.99. The maximum absolute atomic E-state index is 12.2. The van der Waals surface area contributed by atoms with E-state index in [1.165, 1.54) is 0 Å². The molecule has 2 N–H and O–H groups in total. The maximum Gasteiger partial charge on any atom is 0.238 e. The zero-order valence-corrected chi connectivity index (χ0v) is 16.2. The van der Waals surface area contributed by atoms with Crippen LogP contribution in [0.1, 0.15) is 12.5 Å². The van der Waals surface area contributed by atoms with Gasteiger partial charge < -0.3 is 10.6 Å². The number of likely N-dealkylation sites (N-methyl/N-ethyl adjacent to an activating group) is 1. The number of thioether (sulfide) groups is 1. The average molecular weight is 372 g/mol. The van der Waals surface area contributed by atoms with Gasteiger partial charge in [0.15, 0.2) is 0 Å². The number of rotatable bonds is 8. The molecule has 0 unspecified atom stereocenters. The lowest BCUT2D eigenvalue weighted by molar-refractivity contribution is -0.119. The van der Waals surface area contributed by atoms with E-state index in [9.17, 15) is 9.59 Å². The molecule has 0 spiro atoms. The largest absolute Gasteiger partial charge is 0.325 e. The first kappa shape index (κ1) is 20.0. The van der Waals surface area contributed by atoms with Crippen LogP contribution >= 0.6 is 11.8 Å². The van der Waals surface area contributed by atoms with Gasteiger partial charge in [0.2, 0.25) is 11.8 Å². The van der Waals surface area contributed by atoms with Gasteiger partial charge >= 0.3 is 0 Å². The Bertz CT molecular complexity index is 747. The molecule has 0 saturated carbocycles. The van der Waals surface area contributed by atoms with Crippen LogP contribution in [0, 0.1) is 0 Å². The van der Waals surface area contributed by atoms with Gasteiger partial charge in [0.25, 0.3) is 0 Å². The smallest absolute Gasteiger partial charge is 0.238 e. The second-order valence-electron chi connectivity index (χ2n) is 6.01. The standard InChI is InChI=1S/C20H25N3O2S/c1-4-15-7-5-6-8-18(15)22-20(25)14-23(2)13-19(24)21-16-9-11-17(26-3)12-10-16/h5-12H,4,13-14H2,1-3H3,(H,21,24)(H,22,25). The first-order chi connectivity index (χ1) is 12.5. The number of benzene rings is 2. The Balaban J connectivity index is 1.82. The highest BCUT2D eigenvalue weighted by molar-refractivity contribution is 7.98. The van der Waals surface area contributed by atoms with Crippen LogP contribution in [0.3, 0.4) is 0 Å². The number of amides is 2. The Morgan fingerprint density at radius 1 is 0.962 bits per heavy atom. The third-order valence-corrected chi connectivity index (χ3v) is 4.62. The van der Waals surface area contributed by atoms with Crippen molar-refractivity contribution in [2.75, 3.05) is 37.0 Å². The molecule has 0 aromatic heterocycles. The Kier molecular flexibility index (Phi) is 7.69. The van der Waals surface area contributed by atoms with Crippen molar-refractivity contribution in [1.82, 2.24) is 4.90 Å². The number of anilines is 2. The molecule has 2 rings (SSSR count). The summed E-state index contributed by atoms with van der Waals surface area (Å²) in [6, 6.07) is 15.4. The summed E-state index contributed by atoms with van der Waals surface area (Å²) in [6.07, 6.45) is 2.86. The lowest BCUT2D eigenvalue weighted by Crippen LogP contribution is -2.36. The topological polar surface area (TPSA) is 61.4 Å². The van der Waals surface area contributed by atoms with Crippen molar-refractivity contribution in [2.45, 2.75) is 18.2 Å². The fraction of sp³-hybridized carbons (Fsp3) is 0.300. The molecule has 0 atom stereocenters. The van der Waals surface area contributed by atoms with Gasteiger partial charge in [0.1, 0.15) is 0 Å². The van der Waals surface area contributed by atoms with E-state index in [1.54, 1.807) is 23.7 Å². The van der Waals surface area contributed by atoms with Crippen molar-refractivity contribution in [3.8, 4) is 0 Å². The number of carbonyl (C=O) groups excluding carboxylic acids is 2. The molecule has 2 amide bonds. The number of nitrogens with one attached hydrogen (secondary N) is 2. The van der Waals surface area contributed by atoms with E-state index in [0.29, 0.717) is 0 Å². The maximum atomic E-state index is 12.2. The number of carbonyl (C=O) groups is 2. The molecule has 0 aliphatic heterocycles. The SMILES string of the molecule is CCc1ccccc1NC(=O)CN(C)CC(=O)Nc1ccc(SC)cc1. The first-order valence-corrected chi connectivity index (χ1v) is 9.74. The zero-order valence-electron chi connectivity index (χ0n) is 15.4. The van der Waals surface area contributed by atoms with Crippen molar-refractivity contribution >= 4 is 35.0 Å². The predicted molar refractivity (Wildman–Crippen MR) is 109 cm³/mol. The number of hydrogen-bond acceptors (Lipinski definition) is 4. The van der Waals surface area contributed by atoms with Crippen molar-refractivity contribution in [3.05, 3.63) is 54.1 Å². The molecule has 138 valence electrons. The van der Waals surface area contributed by atoms with Gasteiger partial charge in [0, 0.05) is 16.3 Å². The lowest BCUT2D eigenvalue weighted by Gasteiger charge is -2.17. The van der Waals surface area contributed by atoms with E-state index in [-0.39, 0.29) is 24.9 Å². The van der Waals surface area contributed by atoms with E-state index in [4.69, 9.17) is 0 Å². The number of aryl methyl sites for hydroxylation is 1. The van der Waals surface area contributed by atoms with Crippen LogP contribution in [0.25, 0.3) is 0 Å². The third kappa shape index (κ3) is 6.20. The minimum atomic E-state index is -0.147. The van der Waals surface area contributed by atoms with E-state index in [2.05, 4.69) is 10.6 Å². The predicted octanol–water partition coefficient (Wildman–Crippen LogP) is 3.48. The molecule has 26 heavy (non-hydrogen) atoms. The molecule has 0 aliphatic carbocycles. The minimum absolute atomic E-state index is 0.134. The average Bonchev–Trinajstić information content (AvgIpc) is 2.62. The van der Waals surface area contributed by atoms with Gasteiger partial charge in [-0.3, -0.25) is 14.5 Å². The quantitative estimate of drug-likeness (QED) is 0.698. The molecule has 0 saturated heterocycles. The van der Waals surface area contributed by atoms with Crippen molar-refractivity contribution in [1.29, 1.82) is 0 Å². The van der Waals surface area contributed by atoms with Crippen molar-refractivity contribution < 1.29 is 9.59 Å². The molecule has 0 heterocycles. The van der Waals surface area contributed by atoms with Crippen LogP contribution in [-0.2, 0) is 16.0 Å². The molecule has 2 aromatic rings. The molecule has 2 aromatic carbocycles. The van der Waals surface area contributed by atoms with Crippen LogP contribution in [0.15, 0.2) is 53.4 Å². The Hall–Kier alpha value is -2.31. The summed E-state index contributed by atoms with van der Waals surface area (Å²) >= 11 is 1.65. The second-order valence-corrected chi connectivity index (χ2v) is 6.89. The van der Waals surface area contributed by atoms with Crippen molar-refractivity contribution in [2.24, 2.45) is 0 Å². The Morgan fingerprint density at radius 3 is 2.19 bits per heavy atom. The van der Waals surface area contributed by atoms with Crippen LogP contribution in [0.2, 0.25) is 0 Å². The zero-order chi connectivity index (χ0) is 18.9. The molecule has 5 nitrogen and oxygen atoms in total. The van der Waals surface area contributed by atoms with E-state index in [0.717, 1.165) is 28.3 Å². The molecule has 6 heteroatoms. The monoisotopic (exact) mass is 371 g/mol. The van der Waals surface area contributed by atoms with E-state index >= 15 is 0 Å². The minimum Gasteiger partial charge on any atom is -0.325 e. The van der Waals surface area contributed by atoms with Crippen LogP contribution in [0.5, 0.6) is 0 Å². The Labute approximate surface area is 159 Å². The number of nitrogens with zero attached hydrogens (tertiary/aromatic N) is 1. The first-order valence-electron chi connectivity index (χ1n) is 8.52. The summed E-state index contributed by atoms with van der Waals surface area (Å²) in [5, 5.41) is 5.76. The van der Waals surface area contributed by atoms with Gasteiger partial charge in [-0.05, 0) is 55.6 Å². The van der Waals surface area contributed by atoms with Gasteiger partial charge in [-0.15, -0.1) is 11.8 Å². The fourth-order valence-electron chi connectivity index (χ4n) is 2.56. The van der Waals surface area contributed by atoms with Gasteiger partial charge in [-0.1, -0.05) is 25.1 Å². The number of para-hydroxylation sites is 1.